The van der Waals surface area contributed by atoms with Crippen molar-refractivity contribution < 1.29 is 14.3 Å². The number of carbonyl (C=O) groups excluding carboxylic acids is 2. The molecule has 2 N–H and O–H groups in total. The van der Waals surface area contributed by atoms with Crippen molar-refractivity contribution in [3.05, 3.63) is 0 Å². The van der Waals surface area contributed by atoms with Gasteiger partial charge in [-0.15, -0.1) is 0 Å². The number of ether oxygens (including phenoxy) is 1. The summed E-state index contributed by atoms with van der Waals surface area (Å²) in [6.07, 6.45) is 0. The Kier molecular flexibility index (Phi) is 3.52. The number of amides is 1. The van der Waals surface area contributed by atoms with Crippen molar-refractivity contribution >= 4 is 11.7 Å². The topological polar surface area (TPSA) is 70.7 Å². The summed E-state index contributed by atoms with van der Waals surface area (Å²) in [5.41, 5.74) is 0. The highest BCUT2D eigenvalue weighted by Crippen LogP contribution is 2.03. The molecular formula is C10H17N3O3. The molecule has 2 aliphatic heterocycles. The molecule has 0 spiro atoms. The Bertz CT molecular complexity index is 289. The average Bonchev–Trinajstić information content (AvgIpc) is 2.59. The van der Waals surface area contributed by atoms with Gasteiger partial charge < -0.3 is 15.0 Å². The molecule has 0 radical (unpaired) electrons. The van der Waals surface area contributed by atoms with E-state index in [1.54, 1.807) is 0 Å². The van der Waals surface area contributed by atoms with E-state index in [0.29, 0.717) is 6.61 Å². The summed E-state index contributed by atoms with van der Waals surface area (Å²) in [6, 6.07) is -0.0513. The van der Waals surface area contributed by atoms with Crippen LogP contribution in [-0.2, 0) is 14.3 Å². The maximum Gasteiger partial charge on any atom is 0.234 e. The van der Waals surface area contributed by atoms with E-state index in [0.717, 1.165) is 13.1 Å². The van der Waals surface area contributed by atoms with Crippen LogP contribution < -0.4 is 10.6 Å². The zero-order chi connectivity index (χ0) is 11.5. The van der Waals surface area contributed by atoms with Gasteiger partial charge in [0.15, 0.2) is 5.78 Å². The highest BCUT2D eigenvalue weighted by Gasteiger charge is 2.27. The molecule has 2 heterocycles. The van der Waals surface area contributed by atoms with Gasteiger partial charge in [0.1, 0.15) is 6.61 Å². The lowest BCUT2D eigenvalue weighted by Gasteiger charge is -2.36. The molecule has 0 aliphatic carbocycles. The summed E-state index contributed by atoms with van der Waals surface area (Å²) in [4.78, 5) is 24.8. The van der Waals surface area contributed by atoms with E-state index in [-0.39, 0.29) is 36.9 Å². The summed E-state index contributed by atoms with van der Waals surface area (Å²) in [7, 11) is 2.01. The third-order valence-corrected chi connectivity index (χ3v) is 2.86. The zero-order valence-electron chi connectivity index (χ0n) is 9.36. The van der Waals surface area contributed by atoms with Crippen LogP contribution in [-0.4, -0.2) is 68.6 Å². The Morgan fingerprint density at radius 3 is 2.88 bits per heavy atom. The van der Waals surface area contributed by atoms with Crippen LogP contribution in [0.3, 0.4) is 0 Å². The molecule has 2 aliphatic rings. The first-order valence-corrected chi connectivity index (χ1v) is 5.47. The monoisotopic (exact) mass is 227 g/mol. The number of hydrogen-bond donors (Lipinski definition) is 2. The molecule has 1 atom stereocenters. The van der Waals surface area contributed by atoms with Gasteiger partial charge in [0.05, 0.1) is 25.2 Å². The fraction of sp³-hybridized carbons (Fsp3) is 0.800. The lowest BCUT2D eigenvalue weighted by atomic mass is 10.1. The van der Waals surface area contributed by atoms with E-state index in [2.05, 4.69) is 15.5 Å². The average molecular weight is 227 g/mol. The molecule has 6 heteroatoms. The van der Waals surface area contributed by atoms with E-state index in [1.165, 1.54) is 0 Å². The van der Waals surface area contributed by atoms with Crippen LogP contribution in [0.15, 0.2) is 0 Å². The minimum absolute atomic E-state index is 0.0242. The second kappa shape index (κ2) is 4.90. The van der Waals surface area contributed by atoms with Crippen molar-refractivity contribution in [2.24, 2.45) is 0 Å². The predicted octanol–water partition coefficient (Wildman–Crippen LogP) is -2.03. The SMILES string of the molecule is CN1CC(NC(=O)CNC2COCC2=O)C1. The van der Waals surface area contributed by atoms with Crippen molar-refractivity contribution in [1.82, 2.24) is 15.5 Å². The molecule has 0 aromatic rings. The summed E-state index contributed by atoms with van der Waals surface area (Å²) in [6.45, 7) is 2.51. The lowest BCUT2D eigenvalue weighted by molar-refractivity contribution is -0.122. The molecule has 6 nitrogen and oxygen atoms in total. The van der Waals surface area contributed by atoms with Gasteiger partial charge >= 0.3 is 0 Å². The number of ketones is 1. The molecule has 2 fully saturated rings. The highest BCUT2D eigenvalue weighted by molar-refractivity contribution is 5.87. The number of likely N-dealkylation sites (tertiary alicyclic amines) is 1. The van der Waals surface area contributed by atoms with Crippen LogP contribution in [0.1, 0.15) is 0 Å². The number of nitrogens with zero attached hydrogens (tertiary/aromatic N) is 1. The quantitative estimate of drug-likeness (QED) is 0.580. The smallest absolute Gasteiger partial charge is 0.234 e. The molecule has 16 heavy (non-hydrogen) atoms. The van der Waals surface area contributed by atoms with Crippen LogP contribution in [0.25, 0.3) is 0 Å². The van der Waals surface area contributed by atoms with Gasteiger partial charge in [-0.2, -0.15) is 0 Å². The van der Waals surface area contributed by atoms with Crippen LogP contribution in [0.5, 0.6) is 0 Å². The summed E-state index contributed by atoms with van der Waals surface area (Å²) in [5.74, 6) is -0.0334. The van der Waals surface area contributed by atoms with Crippen molar-refractivity contribution in [3.8, 4) is 0 Å². The second-order valence-electron chi connectivity index (χ2n) is 4.40. The van der Waals surface area contributed by atoms with Crippen molar-refractivity contribution in [2.75, 3.05) is 39.9 Å². The first-order chi connectivity index (χ1) is 7.65. The van der Waals surface area contributed by atoms with Gasteiger partial charge in [-0.25, -0.2) is 0 Å². The molecule has 0 saturated carbocycles. The van der Waals surface area contributed by atoms with Crippen molar-refractivity contribution in [2.45, 2.75) is 12.1 Å². The number of nitrogens with one attached hydrogen (secondary N) is 2. The van der Waals surface area contributed by atoms with E-state index in [1.807, 2.05) is 7.05 Å². The summed E-state index contributed by atoms with van der Waals surface area (Å²) in [5, 5.41) is 5.79. The molecule has 0 bridgehead atoms. The third kappa shape index (κ3) is 2.78. The normalized spacial score (nSPS) is 26.8. The standard InChI is InChI=1S/C10H17N3O3/c1-13-3-7(4-13)12-10(15)2-11-8-5-16-6-9(8)14/h7-8,11H,2-6H2,1H3,(H,12,15). The molecule has 2 rings (SSSR count). The fourth-order valence-electron chi connectivity index (χ4n) is 1.93. The van der Waals surface area contributed by atoms with Crippen LogP contribution in [0, 0.1) is 0 Å². The first-order valence-electron chi connectivity index (χ1n) is 5.47. The van der Waals surface area contributed by atoms with E-state index >= 15 is 0 Å². The third-order valence-electron chi connectivity index (χ3n) is 2.86. The molecule has 2 saturated heterocycles. The Labute approximate surface area is 94.3 Å². The van der Waals surface area contributed by atoms with Gasteiger partial charge in [-0.1, -0.05) is 0 Å². The summed E-state index contributed by atoms with van der Waals surface area (Å²) < 4.78 is 4.98. The maximum atomic E-state index is 11.5. The van der Waals surface area contributed by atoms with Gasteiger partial charge in [0, 0.05) is 13.1 Å². The van der Waals surface area contributed by atoms with Gasteiger partial charge in [0.25, 0.3) is 0 Å². The van der Waals surface area contributed by atoms with Gasteiger partial charge in [-0.3, -0.25) is 14.9 Å². The molecule has 0 aromatic carbocycles. The molecular weight excluding hydrogens is 210 g/mol. The predicted molar refractivity (Wildman–Crippen MR) is 57.0 cm³/mol. The summed E-state index contributed by atoms with van der Waals surface area (Å²) >= 11 is 0. The van der Waals surface area contributed by atoms with Crippen molar-refractivity contribution in [3.63, 3.8) is 0 Å². The van der Waals surface area contributed by atoms with Crippen molar-refractivity contribution in [1.29, 1.82) is 0 Å². The molecule has 1 amide bonds. The van der Waals surface area contributed by atoms with E-state index in [4.69, 9.17) is 4.74 Å². The van der Waals surface area contributed by atoms with Crippen LogP contribution in [0.2, 0.25) is 0 Å². The Morgan fingerprint density at radius 2 is 2.31 bits per heavy atom. The Balaban J connectivity index is 1.62. The van der Waals surface area contributed by atoms with Gasteiger partial charge in [-0.05, 0) is 7.05 Å². The second-order valence-corrected chi connectivity index (χ2v) is 4.40. The largest absolute Gasteiger partial charge is 0.372 e. The number of hydrogen-bond acceptors (Lipinski definition) is 5. The Morgan fingerprint density at radius 1 is 1.56 bits per heavy atom. The van der Waals surface area contributed by atoms with Gasteiger partial charge in [0.2, 0.25) is 5.91 Å². The number of carbonyl (C=O) groups is 2. The highest BCUT2D eigenvalue weighted by atomic mass is 16.5. The number of likely N-dealkylation sites (N-methyl/N-ethyl adjacent to an activating group) is 1. The van der Waals surface area contributed by atoms with E-state index < -0.39 is 0 Å². The van der Waals surface area contributed by atoms with E-state index in [9.17, 15) is 9.59 Å². The maximum absolute atomic E-state index is 11.5. The van der Waals surface area contributed by atoms with Crippen LogP contribution in [0.4, 0.5) is 0 Å². The molecule has 1 unspecified atom stereocenters. The zero-order valence-corrected chi connectivity index (χ0v) is 9.36. The first kappa shape index (κ1) is 11.5. The minimum atomic E-state index is -0.310. The number of rotatable bonds is 4. The molecule has 0 aromatic heterocycles. The fourth-order valence-corrected chi connectivity index (χ4v) is 1.93. The Hall–Kier alpha value is -0.980. The number of Topliss-reactive ketones (excluding diaryl/α,β-unsaturated/α-hetero) is 1. The molecule has 90 valence electrons. The lowest BCUT2D eigenvalue weighted by Crippen LogP contribution is -2.59. The van der Waals surface area contributed by atoms with Crippen LogP contribution >= 0.6 is 0 Å². The minimum Gasteiger partial charge on any atom is -0.372 e.